The molecule has 2 amide bonds. The summed E-state index contributed by atoms with van der Waals surface area (Å²) in [6, 6.07) is 5.18. The van der Waals surface area contributed by atoms with Crippen LogP contribution in [0.15, 0.2) is 18.2 Å². The Labute approximate surface area is 101 Å². The van der Waals surface area contributed by atoms with Crippen LogP contribution >= 0.6 is 0 Å². The van der Waals surface area contributed by atoms with E-state index in [2.05, 4.69) is 10.6 Å². The van der Waals surface area contributed by atoms with Gasteiger partial charge < -0.3 is 15.7 Å². The Kier molecular flexibility index (Phi) is 3.52. The molecule has 1 saturated carbocycles. The summed E-state index contributed by atoms with van der Waals surface area (Å²) in [7, 11) is 0. The summed E-state index contributed by atoms with van der Waals surface area (Å²) in [5.41, 5.74) is 1.46. The van der Waals surface area contributed by atoms with E-state index >= 15 is 0 Å². The molecule has 1 fully saturated rings. The first kappa shape index (κ1) is 11.8. The Morgan fingerprint density at radius 3 is 2.71 bits per heavy atom. The normalized spacial score (nSPS) is 15.8. The molecule has 1 aliphatic carbocycles. The van der Waals surface area contributed by atoms with Crippen LogP contribution < -0.4 is 10.6 Å². The van der Waals surface area contributed by atoms with Crippen molar-refractivity contribution in [1.29, 1.82) is 0 Å². The number of carbonyl (C=O) groups excluding carboxylic acids is 1. The fourth-order valence-corrected chi connectivity index (χ4v) is 2.16. The smallest absolute Gasteiger partial charge is 0.319 e. The second-order valence-electron chi connectivity index (χ2n) is 4.58. The van der Waals surface area contributed by atoms with Crippen LogP contribution in [0.5, 0.6) is 5.75 Å². The summed E-state index contributed by atoms with van der Waals surface area (Å²) in [6.07, 6.45) is 4.54. The molecule has 2 rings (SSSR count). The van der Waals surface area contributed by atoms with Gasteiger partial charge in [0.05, 0.1) is 0 Å². The molecule has 4 heteroatoms. The highest BCUT2D eigenvalue weighted by atomic mass is 16.3. The molecular formula is C13H18N2O2. The van der Waals surface area contributed by atoms with E-state index in [0.717, 1.165) is 18.4 Å². The number of hydrogen-bond donors (Lipinski definition) is 3. The van der Waals surface area contributed by atoms with Gasteiger partial charge >= 0.3 is 6.03 Å². The molecular weight excluding hydrogens is 216 g/mol. The predicted molar refractivity (Wildman–Crippen MR) is 67.3 cm³/mol. The standard InChI is InChI=1S/C13H18N2O2/c1-9-8-11(6-7-12(9)16)15-13(17)14-10-4-2-3-5-10/h6-8,10,16H,2-5H2,1H3,(H2,14,15,17). The molecule has 1 aliphatic rings. The number of rotatable bonds is 2. The highest BCUT2D eigenvalue weighted by molar-refractivity contribution is 5.89. The lowest BCUT2D eigenvalue weighted by atomic mass is 10.2. The van der Waals surface area contributed by atoms with Crippen LogP contribution in [0.1, 0.15) is 31.2 Å². The molecule has 92 valence electrons. The van der Waals surface area contributed by atoms with Crippen molar-refractivity contribution < 1.29 is 9.90 Å². The SMILES string of the molecule is Cc1cc(NC(=O)NC2CCCC2)ccc1O. The summed E-state index contributed by atoms with van der Waals surface area (Å²) in [5.74, 6) is 0.242. The molecule has 0 atom stereocenters. The number of carbonyl (C=O) groups is 1. The van der Waals surface area contributed by atoms with Gasteiger partial charge in [0.2, 0.25) is 0 Å². The number of nitrogens with one attached hydrogen (secondary N) is 2. The minimum atomic E-state index is -0.165. The molecule has 0 aliphatic heterocycles. The minimum absolute atomic E-state index is 0.165. The lowest BCUT2D eigenvalue weighted by Crippen LogP contribution is -2.36. The van der Waals surface area contributed by atoms with Crippen LogP contribution in [0.3, 0.4) is 0 Å². The van der Waals surface area contributed by atoms with Crippen molar-refractivity contribution >= 4 is 11.7 Å². The van der Waals surface area contributed by atoms with E-state index in [-0.39, 0.29) is 11.8 Å². The third-order valence-corrected chi connectivity index (χ3v) is 3.15. The van der Waals surface area contributed by atoms with E-state index in [9.17, 15) is 9.90 Å². The Bertz CT molecular complexity index is 412. The molecule has 0 heterocycles. The maximum absolute atomic E-state index is 11.7. The highest BCUT2D eigenvalue weighted by Gasteiger charge is 2.16. The number of phenols is 1. The number of aromatic hydroxyl groups is 1. The maximum Gasteiger partial charge on any atom is 0.319 e. The third kappa shape index (κ3) is 3.12. The number of amides is 2. The number of anilines is 1. The van der Waals surface area contributed by atoms with Gasteiger partial charge in [-0.15, -0.1) is 0 Å². The van der Waals surface area contributed by atoms with E-state index in [1.807, 2.05) is 0 Å². The first-order chi connectivity index (χ1) is 8.15. The highest BCUT2D eigenvalue weighted by Crippen LogP contribution is 2.21. The van der Waals surface area contributed by atoms with Crippen LogP contribution in [0.4, 0.5) is 10.5 Å². The molecule has 1 aromatic rings. The summed E-state index contributed by atoms with van der Waals surface area (Å²) in [4.78, 5) is 11.7. The molecule has 3 N–H and O–H groups in total. The quantitative estimate of drug-likeness (QED) is 0.689. The topological polar surface area (TPSA) is 61.4 Å². The van der Waals surface area contributed by atoms with Crippen LogP contribution in [0.25, 0.3) is 0 Å². The fraction of sp³-hybridized carbons (Fsp3) is 0.462. The molecule has 0 radical (unpaired) electrons. The van der Waals surface area contributed by atoms with Crippen molar-refractivity contribution in [2.45, 2.75) is 38.6 Å². The van der Waals surface area contributed by atoms with Gasteiger partial charge in [-0.05, 0) is 43.5 Å². The minimum Gasteiger partial charge on any atom is -0.508 e. The first-order valence-electron chi connectivity index (χ1n) is 6.02. The van der Waals surface area contributed by atoms with Crippen molar-refractivity contribution in [2.75, 3.05) is 5.32 Å². The van der Waals surface area contributed by atoms with Crippen LogP contribution in [-0.2, 0) is 0 Å². The van der Waals surface area contributed by atoms with Gasteiger partial charge in [0.1, 0.15) is 5.75 Å². The van der Waals surface area contributed by atoms with E-state index < -0.39 is 0 Å². The number of benzene rings is 1. The molecule has 17 heavy (non-hydrogen) atoms. The van der Waals surface area contributed by atoms with Gasteiger partial charge in [-0.1, -0.05) is 12.8 Å². The van der Waals surface area contributed by atoms with Crippen molar-refractivity contribution in [3.63, 3.8) is 0 Å². The van der Waals surface area contributed by atoms with Crippen LogP contribution in [0.2, 0.25) is 0 Å². The van der Waals surface area contributed by atoms with E-state index in [4.69, 9.17) is 0 Å². The molecule has 4 nitrogen and oxygen atoms in total. The van der Waals surface area contributed by atoms with Crippen LogP contribution in [0, 0.1) is 6.92 Å². The van der Waals surface area contributed by atoms with Gasteiger partial charge in [0, 0.05) is 11.7 Å². The van der Waals surface area contributed by atoms with Crippen molar-refractivity contribution in [3.8, 4) is 5.75 Å². The van der Waals surface area contributed by atoms with Gasteiger partial charge in [-0.3, -0.25) is 0 Å². The predicted octanol–water partition coefficient (Wildman–Crippen LogP) is 2.76. The Hall–Kier alpha value is -1.71. The van der Waals surface area contributed by atoms with Gasteiger partial charge in [-0.25, -0.2) is 4.79 Å². The van der Waals surface area contributed by atoms with Crippen LogP contribution in [-0.4, -0.2) is 17.2 Å². The molecule has 0 saturated heterocycles. The summed E-state index contributed by atoms with van der Waals surface area (Å²) in [5, 5.41) is 15.1. The second kappa shape index (κ2) is 5.08. The number of hydrogen-bond acceptors (Lipinski definition) is 2. The zero-order chi connectivity index (χ0) is 12.3. The zero-order valence-electron chi connectivity index (χ0n) is 9.99. The van der Waals surface area contributed by atoms with E-state index in [0.29, 0.717) is 11.7 Å². The number of phenolic OH excluding ortho intramolecular Hbond substituents is 1. The average molecular weight is 234 g/mol. The van der Waals surface area contributed by atoms with Crippen molar-refractivity contribution in [1.82, 2.24) is 5.32 Å². The lowest BCUT2D eigenvalue weighted by molar-refractivity contribution is 0.248. The Morgan fingerprint density at radius 2 is 2.06 bits per heavy atom. The van der Waals surface area contributed by atoms with Gasteiger partial charge in [0.25, 0.3) is 0 Å². The average Bonchev–Trinajstić information content (AvgIpc) is 2.76. The zero-order valence-corrected chi connectivity index (χ0v) is 9.99. The van der Waals surface area contributed by atoms with Crippen molar-refractivity contribution in [2.24, 2.45) is 0 Å². The van der Waals surface area contributed by atoms with E-state index in [1.54, 1.807) is 25.1 Å². The Balaban J connectivity index is 1.90. The molecule has 1 aromatic carbocycles. The van der Waals surface area contributed by atoms with Gasteiger partial charge in [-0.2, -0.15) is 0 Å². The molecule has 0 aromatic heterocycles. The molecule has 0 unspecified atom stereocenters. The monoisotopic (exact) mass is 234 g/mol. The lowest BCUT2D eigenvalue weighted by Gasteiger charge is -2.13. The maximum atomic E-state index is 11.7. The van der Waals surface area contributed by atoms with Crippen molar-refractivity contribution in [3.05, 3.63) is 23.8 Å². The summed E-state index contributed by atoms with van der Waals surface area (Å²) < 4.78 is 0. The molecule has 0 bridgehead atoms. The first-order valence-corrected chi connectivity index (χ1v) is 6.02. The summed E-state index contributed by atoms with van der Waals surface area (Å²) >= 11 is 0. The van der Waals surface area contributed by atoms with Gasteiger partial charge in [0.15, 0.2) is 0 Å². The second-order valence-corrected chi connectivity index (χ2v) is 4.58. The summed E-state index contributed by atoms with van der Waals surface area (Å²) in [6.45, 7) is 1.80. The fourth-order valence-electron chi connectivity index (χ4n) is 2.16. The molecule has 0 spiro atoms. The third-order valence-electron chi connectivity index (χ3n) is 3.15. The largest absolute Gasteiger partial charge is 0.508 e. The van der Waals surface area contributed by atoms with E-state index in [1.165, 1.54) is 12.8 Å². The number of urea groups is 1. The Morgan fingerprint density at radius 1 is 1.35 bits per heavy atom. The number of aryl methyl sites for hydroxylation is 1.